The van der Waals surface area contributed by atoms with Gasteiger partial charge in [0.05, 0.1) is 24.8 Å². The monoisotopic (exact) mass is 500 g/mol. The number of H-pyrrole nitrogens is 1. The lowest BCUT2D eigenvalue weighted by molar-refractivity contribution is -0.142. The molecule has 0 bridgehead atoms. The van der Waals surface area contributed by atoms with Crippen LogP contribution in [0.3, 0.4) is 0 Å². The van der Waals surface area contributed by atoms with Gasteiger partial charge in [-0.15, -0.1) is 0 Å². The Morgan fingerprint density at radius 1 is 1.36 bits per heavy atom. The fourth-order valence-electron chi connectivity index (χ4n) is 5.09. The summed E-state index contributed by atoms with van der Waals surface area (Å²) < 4.78 is 33.7. The van der Waals surface area contributed by atoms with Gasteiger partial charge in [0.1, 0.15) is 12.4 Å². The molecule has 0 amide bonds. The molecule has 3 atom stereocenters. The molecule has 3 N–H and O–H groups in total. The van der Waals surface area contributed by atoms with Crippen LogP contribution < -0.4 is 10.1 Å². The Balaban J connectivity index is 1.75. The van der Waals surface area contributed by atoms with E-state index in [0.29, 0.717) is 43.1 Å². The first-order valence-corrected chi connectivity index (χ1v) is 12.5. The minimum atomic E-state index is -0.889. The highest BCUT2D eigenvalue weighted by Gasteiger charge is 2.39. The number of pyridine rings is 1. The van der Waals surface area contributed by atoms with E-state index in [9.17, 15) is 14.3 Å². The number of hydrogen-bond donors (Lipinski definition) is 3. The van der Waals surface area contributed by atoms with Gasteiger partial charge in [-0.25, -0.2) is 9.37 Å². The van der Waals surface area contributed by atoms with Crippen molar-refractivity contribution in [1.29, 1.82) is 0 Å². The van der Waals surface area contributed by atoms with Gasteiger partial charge >= 0.3 is 5.97 Å². The number of nitrogens with one attached hydrogen (secondary N) is 2. The van der Waals surface area contributed by atoms with E-state index in [1.54, 1.807) is 13.8 Å². The smallest absolute Gasteiger partial charge is 0.307 e. The molecule has 2 aromatic heterocycles. The zero-order chi connectivity index (χ0) is 25.8. The van der Waals surface area contributed by atoms with Crippen molar-refractivity contribution in [3.8, 4) is 5.88 Å². The number of aromatic nitrogens is 2. The Bertz CT molecular complexity index is 1220. The van der Waals surface area contributed by atoms with Crippen molar-refractivity contribution in [2.24, 2.45) is 5.92 Å². The minimum Gasteiger partial charge on any atom is -0.481 e. The molecule has 0 saturated heterocycles. The molecular formula is C27H34F2N4O3. The quantitative estimate of drug-likeness (QED) is 0.338. The third-order valence-electron chi connectivity index (χ3n) is 6.98. The second-order valence-corrected chi connectivity index (χ2v) is 9.55. The van der Waals surface area contributed by atoms with E-state index < -0.39 is 23.7 Å². The predicted molar refractivity (Wildman–Crippen MR) is 135 cm³/mol. The number of para-hydroxylation sites is 1. The summed E-state index contributed by atoms with van der Waals surface area (Å²) in [5, 5.41) is 13.8. The maximum Gasteiger partial charge on any atom is 0.307 e. The summed E-state index contributed by atoms with van der Waals surface area (Å²) in [6.45, 7) is 6.80. The number of ether oxygens (including phenoxy) is 1. The van der Waals surface area contributed by atoms with Crippen LogP contribution in [0.15, 0.2) is 30.5 Å². The third kappa shape index (κ3) is 5.22. The first kappa shape index (κ1) is 26.0. The number of hydrogen-bond acceptors (Lipinski definition) is 5. The Labute approximate surface area is 209 Å². The van der Waals surface area contributed by atoms with E-state index in [4.69, 9.17) is 4.74 Å². The number of alkyl halides is 1. The summed E-state index contributed by atoms with van der Waals surface area (Å²) in [5.74, 6) is -1.64. The molecule has 36 heavy (non-hydrogen) atoms. The van der Waals surface area contributed by atoms with Crippen molar-refractivity contribution in [1.82, 2.24) is 20.2 Å². The van der Waals surface area contributed by atoms with Gasteiger partial charge in [-0.2, -0.15) is 0 Å². The van der Waals surface area contributed by atoms with E-state index in [-0.39, 0.29) is 19.3 Å². The minimum absolute atomic E-state index is 0.0143. The van der Waals surface area contributed by atoms with Crippen molar-refractivity contribution in [3.05, 3.63) is 58.7 Å². The molecule has 0 aliphatic carbocycles. The summed E-state index contributed by atoms with van der Waals surface area (Å²) in [7, 11) is 0. The van der Waals surface area contributed by atoms with Gasteiger partial charge in [-0.05, 0) is 44.9 Å². The Morgan fingerprint density at radius 3 is 2.89 bits per heavy atom. The Hall–Kier alpha value is -3.04. The van der Waals surface area contributed by atoms with Crippen LogP contribution in [0.25, 0.3) is 10.9 Å². The van der Waals surface area contributed by atoms with Gasteiger partial charge in [-0.3, -0.25) is 14.1 Å². The highest BCUT2D eigenvalue weighted by Crippen LogP contribution is 2.43. The van der Waals surface area contributed by atoms with Crippen LogP contribution in [-0.2, 0) is 11.2 Å². The number of halogens is 2. The average Bonchev–Trinajstić information content (AvgIpc) is 3.22. The van der Waals surface area contributed by atoms with E-state index in [0.717, 1.165) is 28.6 Å². The second kappa shape index (κ2) is 11.3. The fourth-order valence-corrected chi connectivity index (χ4v) is 5.09. The molecule has 0 radical (unpaired) electrons. The normalized spacial score (nSPS) is 18.8. The fraction of sp³-hybridized carbons (Fsp3) is 0.481. The standard InChI is InChI=1S/C27H34F2N4O3/c1-16(27(34)35)15-33-17(2)13-20-19-7-4-5-8-22(19)32-24(20)25(33)23-18(3)26(31-14-21(23)29)36-12-11-30-10-6-9-28/h4-5,7-8,14,16-17,25,30,32H,6,9-13,15H2,1-3H3,(H,34,35)/t16?,17-,25-/m1/s1. The average molecular weight is 501 g/mol. The lowest BCUT2D eigenvalue weighted by Gasteiger charge is -2.42. The highest BCUT2D eigenvalue weighted by atomic mass is 19.1. The van der Waals surface area contributed by atoms with Gasteiger partial charge in [-0.1, -0.05) is 25.1 Å². The molecule has 3 aromatic rings. The molecule has 1 aliphatic heterocycles. The van der Waals surface area contributed by atoms with Gasteiger partial charge < -0.3 is 20.1 Å². The van der Waals surface area contributed by atoms with Gasteiger partial charge in [0.2, 0.25) is 5.88 Å². The van der Waals surface area contributed by atoms with Gasteiger partial charge in [0.25, 0.3) is 0 Å². The zero-order valence-corrected chi connectivity index (χ0v) is 21.0. The van der Waals surface area contributed by atoms with Crippen LogP contribution in [0.1, 0.15) is 48.7 Å². The molecule has 7 nitrogen and oxygen atoms in total. The molecule has 1 aliphatic rings. The zero-order valence-electron chi connectivity index (χ0n) is 21.0. The summed E-state index contributed by atoms with van der Waals surface area (Å²) in [6, 6.07) is 7.47. The molecule has 1 aromatic carbocycles. The number of nitrogens with zero attached hydrogens (tertiary/aromatic N) is 2. The molecule has 194 valence electrons. The van der Waals surface area contributed by atoms with Crippen molar-refractivity contribution in [2.45, 2.75) is 45.7 Å². The van der Waals surface area contributed by atoms with Crippen LogP contribution >= 0.6 is 0 Å². The third-order valence-corrected chi connectivity index (χ3v) is 6.98. The lowest BCUT2D eigenvalue weighted by Crippen LogP contribution is -2.46. The summed E-state index contributed by atoms with van der Waals surface area (Å²) >= 11 is 0. The maximum absolute atomic E-state index is 15.6. The van der Waals surface area contributed by atoms with Crippen LogP contribution in [0, 0.1) is 18.7 Å². The Kier molecular flexibility index (Phi) is 8.21. The second-order valence-electron chi connectivity index (χ2n) is 9.55. The maximum atomic E-state index is 15.6. The van der Waals surface area contributed by atoms with Crippen LogP contribution in [0.2, 0.25) is 0 Å². The number of carboxylic acid groups (broad SMARTS) is 1. The first-order chi connectivity index (χ1) is 17.3. The number of aromatic amines is 1. The number of aliphatic carboxylic acids is 1. The van der Waals surface area contributed by atoms with E-state index in [1.807, 2.05) is 18.2 Å². The SMILES string of the molecule is Cc1c(OCCNCCCF)ncc(F)c1[C@@H]1c2[nH]c3ccccc3c2C[C@@H](C)N1CC(C)C(=O)O. The number of fused-ring (bicyclic) bond motifs is 3. The van der Waals surface area contributed by atoms with Crippen molar-refractivity contribution in [2.75, 3.05) is 32.9 Å². The topological polar surface area (TPSA) is 90.5 Å². The number of carboxylic acids is 1. The number of rotatable bonds is 11. The molecular weight excluding hydrogens is 466 g/mol. The number of carbonyl (C=O) groups is 1. The largest absolute Gasteiger partial charge is 0.481 e. The molecule has 9 heteroatoms. The molecule has 0 saturated carbocycles. The van der Waals surface area contributed by atoms with E-state index >= 15 is 4.39 Å². The number of benzene rings is 1. The van der Waals surface area contributed by atoms with Crippen molar-refractivity contribution >= 4 is 16.9 Å². The summed E-state index contributed by atoms with van der Waals surface area (Å²) in [6.07, 6.45) is 2.34. The van der Waals surface area contributed by atoms with Gasteiger partial charge in [0.15, 0.2) is 0 Å². The Morgan fingerprint density at radius 2 is 2.14 bits per heavy atom. The summed E-state index contributed by atoms with van der Waals surface area (Å²) in [5.41, 5.74) is 3.98. The van der Waals surface area contributed by atoms with E-state index in [2.05, 4.69) is 33.2 Å². The van der Waals surface area contributed by atoms with Crippen LogP contribution in [0.5, 0.6) is 5.88 Å². The van der Waals surface area contributed by atoms with Crippen molar-refractivity contribution in [3.63, 3.8) is 0 Å². The molecule has 1 unspecified atom stereocenters. The molecule has 0 fully saturated rings. The first-order valence-electron chi connectivity index (χ1n) is 12.5. The highest BCUT2D eigenvalue weighted by molar-refractivity contribution is 5.85. The van der Waals surface area contributed by atoms with Crippen molar-refractivity contribution < 1.29 is 23.4 Å². The molecule has 4 rings (SSSR count). The summed E-state index contributed by atoms with van der Waals surface area (Å²) in [4.78, 5) is 21.5. The van der Waals surface area contributed by atoms with Gasteiger partial charge in [0, 0.05) is 46.9 Å². The predicted octanol–water partition coefficient (Wildman–Crippen LogP) is 4.40. The molecule has 0 spiro atoms. The van der Waals surface area contributed by atoms with Crippen LogP contribution in [-0.4, -0.2) is 64.9 Å². The van der Waals surface area contributed by atoms with E-state index in [1.165, 1.54) is 6.20 Å². The lowest BCUT2D eigenvalue weighted by atomic mass is 9.86. The molecule has 3 heterocycles. The van der Waals surface area contributed by atoms with Crippen LogP contribution in [0.4, 0.5) is 8.78 Å².